The van der Waals surface area contributed by atoms with E-state index in [0.29, 0.717) is 26.2 Å². The minimum atomic E-state index is -2.38. The number of ether oxygens (including phenoxy) is 2. The Labute approximate surface area is 119 Å². The number of hydrogen-bond donors (Lipinski definition) is 1. The quantitative estimate of drug-likeness (QED) is 0.928. The Morgan fingerprint density at radius 2 is 1.95 bits per heavy atom. The molecule has 0 radical (unpaired) electrons. The van der Waals surface area contributed by atoms with Crippen LogP contribution in [0.2, 0.25) is 0 Å². The first kappa shape index (κ1) is 15.4. The van der Waals surface area contributed by atoms with Crippen LogP contribution in [-0.4, -0.2) is 44.3 Å². The van der Waals surface area contributed by atoms with Crippen molar-refractivity contribution in [3.8, 4) is 5.75 Å². The largest absolute Gasteiger partial charge is 0.494 e. The Hall–Kier alpha value is -1.96. The molecule has 1 aromatic carbocycles. The Morgan fingerprint density at radius 3 is 2.57 bits per heavy atom. The SMILES string of the molecule is COc1ccc(C(F)OC(=O)N2CCNCC2)c(F)c1F. The van der Waals surface area contributed by atoms with Gasteiger partial charge in [0.2, 0.25) is 5.82 Å². The van der Waals surface area contributed by atoms with E-state index < -0.39 is 29.6 Å². The molecule has 1 heterocycles. The fraction of sp³-hybridized carbons (Fsp3) is 0.462. The van der Waals surface area contributed by atoms with E-state index in [9.17, 15) is 18.0 Å². The average molecular weight is 304 g/mol. The minimum Gasteiger partial charge on any atom is -0.494 e. The summed E-state index contributed by atoms with van der Waals surface area (Å²) in [4.78, 5) is 13.0. The summed E-state index contributed by atoms with van der Waals surface area (Å²) in [6, 6.07) is 2.05. The summed E-state index contributed by atoms with van der Waals surface area (Å²) in [6.07, 6.45) is -3.28. The number of nitrogens with zero attached hydrogens (tertiary/aromatic N) is 1. The Balaban J connectivity index is 2.07. The molecule has 1 aromatic rings. The number of piperazine rings is 1. The second-order valence-electron chi connectivity index (χ2n) is 4.42. The van der Waals surface area contributed by atoms with Crippen molar-refractivity contribution in [2.45, 2.75) is 6.36 Å². The molecule has 1 aliphatic rings. The third kappa shape index (κ3) is 3.38. The van der Waals surface area contributed by atoms with Crippen LogP contribution in [0.15, 0.2) is 12.1 Å². The highest BCUT2D eigenvalue weighted by molar-refractivity contribution is 5.68. The summed E-state index contributed by atoms with van der Waals surface area (Å²) in [5.74, 6) is -3.11. The molecule has 116 valence electrons. The van der Waals surface area contributed by atoms with Gasteiger partial charge in [-0.15, -0.1) is 0 Å². The molecule has 5 nitrogen and oxygen atoms in total. The lowest BCUT2D eigenvalue weighted by Gasteiger charge is -2.27. The van der Waals surface area contributed by atoms with Crippen LogP contribution in [0.4, 0.5) is 18.0 Å². The number of carbonyl (C=O) groups is 1. The second kappa shape index (κ2) is 6.66. The maximum absolute atomic E-state index is 13.9. The van der Waals surface area contributed by atoms with E-state index >= 15 is 0 Å². The first-order valence-corrected chi connectivity index (χ1v) is 6.37. The summed E-state index contributed by atoms with van der Waals surface area (Å²) in [5, 5.41) is 3.02. The Kier molecular flexibility index (Phi) is 4.89. The number of rotatable bonds is 3. The van der Waals surface area contributed by atoms with Gasteiger partial charge in [0.05, 0.1) is 12.7 Å². The van der Waals surface area contributed by atoms with Crippen LogP contribution < -0.4 is 10.1 Å². The second-order valence-corrected chi connectivity index (χ2v) is 4.42. The number of alkyl halides is 1. The van der Waals surface area contributed by atoms with Gasteiger partial charge in [-0.05, 0) is 12.1 Å². The lowest BCUT2D eigenvalue weighted by atomic mass is 10.2. The molecule has 1 fully saturated rings. The summed E-state index contributed by atoms with van der Waals surface area (Å²) in [7, 11) is 1.16. The van der Waals surface area contributed by atoms with Crippen LogP contribution >= 0.6 is 0 Å². The fourth-order valence-corrected chi connectivity index (χ4v) is 1.95. The lowest BCUT2D eigenvalue weighted by Crippen LogP contribution is -2.46. The van der Waals surface area contributed by atoms with Crippen molar-refractivity contribution in [2.75, 3.05) is 33.3 Å². The van der Waals surface area contributed by atoms with Crippen molar-refractivity contribution in [3.05, 3.63) is 29.3 Å². The number of hydrogen-bond acceptors (Lipinski definition) is 4. The topological polar surface area (TPSA) is 50.8 Å². The smallest absolute Gasteiger partial charge is 0.412 e. The van der Waals surface area contributed by atoms with Gasteiger partial charge in [0.25, 0.3) is 6.36 Å². The van der Waals surface area contributed by atoms with Crippen molar-refractivity contribution in [1.82, 2.24) is 10.2 Å². The van der Waals surface area contributed by atoms with Crippen LogP contribution in [0.5, 0.6) is 5.75 Å². The molecule has 8 heteroatoms. The van der Waals surface area contributed by atoms with Crippen molar-refractivity contribution in [2.24, 2.45) is 0 Å². The van der Waals surface area contributed by atoms with E-state index in [0.717, 1.165) is 19.2 Å². The van der Waals surface area contributed by atoms with Crippen molar-refractivity contribution >= 4 is 6.09 Å². The minimum absolute atomic E-state index is 0.350. The highest BCUT2D eigenvalue weighted by atomic mass is 19.2. The number of halogens is 3. The van der Waals surface area contributed by atoms with Crippen molar-refractivity contribution in [1.29, 1.82) is 0 Å². The zero-order valence-electron chi connectivity index (χ0n) is 11.4. The van der Waals surface area contributed by atoms with E-state index in [1.807, 2.05) is 0 Å². The van der Waals surface area contributed by atoms with Gasteiger partial charge >= 0.3 is 6.09 Å². The predicted molar refractivity (Wildman–Crippen MR) is 67.7 cm³/mol. The lowest BCUT2D eigenvalue weighted by molar-refractivity contribution is -0.0115. The standard InChI is InChI=1S/C13H15F3N2O3/c1-20-9-3-2-8(10(14)11(9)15)12(16)21-13(19)18-6-4-17-5-7-18/h2-3,12,17H,4-7H2,1H3. The molecule has 2 rings (SSSR count). The summed E-state index contributed by atoms with van der Waals surface area (Å²) >= 11 is 0. The van der Waals surface area contributed by atoms with Gasteiger partial charge in [0, 0.05) is 26.2 Å². The van der Waals surface area contributed by atoms with E-state index in [2.05, 4.69) is 14.8 Å². The predicted octanol–water partition coefficient (Wildman–Crippen LogP) is 1.98. The molecule has 1 amide bonds. The number of benzene rings is 1. The Bertz CT molecular complexity index is 522. The zero-order chi connectivity index (χ0) is 15.4. The summed E-state index contributed by atoms with van der Waals surface area (Å²) < 4.78 is 50.2. The van der Waals surface area contributed by atoms with Gasteiger partial charge in [-0.3, -0.25) is 0 Å². The number of carbonyl (C=O) groups excluding carboxylic acids is 1. The first-order chi connectivity index (χ1) is 10.0. The van der Waals surface area contributed by atoms with E-state index in [1.54, 1.807) is 0 Å². The molecule has 0 aliphatic carbocycles. The maximum atomic E-state index is 13.9. The zero-order valence-corrected chi connectivity index (χ0v) is 11.4. The van der Waals surface area contributed by atoms with Crippen LogP contribution in [0.25, 0.3) is 0 Å². The molecule has 0 saturated carbocycles. The third-order valence-corrected chi connectivity index (χ3v) is 3.12. The van der Waals surface area contributed by atoms with Crippen molar-refractivity contribution in [3.63, 3.8) is 0 Å². The van der Waals surface area contributed by atoms with Gasteiger partial charge in [-0.25, -0.2) is 9.18 Å². The summed E-state index contributed by atoms with van der Waals surface area (Å²) in [6.45, 7) is 1.87. The molecule has 1 unspecified atom stereocenters. The average Bonchev–Trinajstić information content (AvgIpc) is 2.50. The number of nitrogens with one attached hydrogen (secondary N) is 1. The Morgan fingerprint density at radius 1 is 1.29 bits per heavy atom. The van der Waals surface area contributed by atoms with E-state index in [4.69, 9.17) is 0 Å². The van der Waals surface area contributed by atoms with Crippen molar-refractivity contribution < 1.29 is 27.4 Å². The number of methoxy groups -OCH3 is 1. The molecule has 21 heavy (non-hydrogen) atoms. The van der Waals surface area contributed by atoms with Crippen LogP contribution in [0.1, 0.15) is 11.9 Å². The van der Waals surface area contributed by atoms with Gasteiger partial charge in [0.15, 0.2) is 11.6 Å². The van der Waals surface area contributed by atoms with E-state index in [1.165, 1.54) is 4.90 Å². The molecule has 1 atom stereocenters. The fourth-order valence-electron chi connectivity index (χ4n) is 1.95. The molecule has 1 aliphatic heterocycles. The molecule has 0 bridgehead atoms. The van der Waals surface area contributed by atoms with Crippen LogP contribution in [0.3, 0.4) is 0 Å². The van der Waals surface area contributed by atoms with Gasteiger partial charge < -0.3 is 19.7 Å². The van der Waals surface area contributed by atoms with Crippen LogP contribution in [-0.2, 0) is 4.74 Å². The van der Waals surface area contributed by atoms with Gasteiger partial charge in [-0.1, -0.05) is 0 Å². The van der Waals surface area contributed by atoms with E-state index in [-0.39, 0.29) is 5.75 Å². The van der Waals surface area contributed by atoms with Gasteiger partial charge in [0.1, 0.15) is 0 Å². The highest BCUT2D eigenvalue weighted by Gasteiger charge is 2.26. The first-order valence-electron chi connectivity index (χ1n) is 6.37. The highest BCUT2D eigenvalue weighted by Crippen LogP contribution is 2.29. The molecule has 1 saturated heterocycles. The molecule has 0 aromatic heterocycles. The monoisotopic (exact) mass is 304 g/mol. The third-order valence-electron chi connectivity index (χ3n) is 3.12. The molecular weight excluding hydrogens is 289 g/mol. The summed E-state index contributed by atoms with van der Waals surface area (Å²) in [5.41, 5.74) is -0.684. The molecular formula is C13H15F3N2O3. The molecule has 0 spiro atoms. The maximum Gasteiger partial charge on any atom is 0.412 e. The number of amides is 1. The van der Waals surface area contributed by atoms with Crippen LogP contribution in [0, 0.1) is 11.6 Å². The van der Waals surface area contributed by atoms with Gasteiger partial charge in [-0.2, -0.15) is 8.78 Å². The normalized spacial score (nSPS) is 16.5. The molecule has 1 N–H and O–H groups in total.